The number of amides is 1. The van der Waals surface area contributed by atoms with Gasteiger partial charge in [-0.25, -0.2) is 0 Å². The summed E-state index contributed by atoms with van der Waals surface area (Å²) in [5, 5.41) is 3.97. The summed E-state index contributed by atoms with van der Waals surface area (Å²) >= 11 is 6.27. The molecule has 1 amide bonds. The zero-order chi connectivity index (χ0) is 20.2. The number of nitrogens with zero attached hydrogens (tertiary/aromatic N) is 1. The van der Waals surface area contributed by atoms with Crippen molar-refractivity contribution in [3.63, 3.8) is 0 Å². The molecule has 2 aromatic rings. The minimum atomic E-state index is 0.0880. The zero-order valence-corrected chi connectivity index (χ0v) is 17.7. The first-order chi connectivity index (χ1) is 14.1. The maximum absolute atomic E-state index is 12.5. The van der Waals surface area contributed by atoms with E-state index in [1.54, 1.807) is 7.11 Å². The molecule has 1 aliphatic heterocycles. The smallest absolute Gasteiger partial charge is 0.223 e. The number of methoxy groups -OCH3 is 1. The second kappa shape index (κ2) is 9.19. The number of nitrogens with one attached hydrogen (secondary N) is 1. The van der Waals surface area contributed by atoms with Crippen molar-refractivity contribution in [2.24, 2.45) is 11.8 Å². The normalized spacial score (nSPS) is 22.3. The molecule has 154 valence electrons. The van der Waals surface area contributed by atoms with E-state index in [9.17, 15) is 4.79 Å². The highest BCUT2D eigenvalue weighted by Gasteiger charge is 2.44. The van der Waals surface area contributed by atoms with Crippen LogP contribution in [0.2, 0.25) is 5.02 Å². The topological polar surface area (TPSA) is 41.6 Å². The van der Waals surface area contributed by atoms with Crippen molar-refractivity contribution in [2.45, 2.75) is 31.7 Å². The van der Waals surface area contributed by atoms with Crippen LogP contribution in [0.5, 0.6) is 5.75 Å². The fourth-order valence-electron chi connectivity index (χ4n) is 4.32. The molecule has 4 nitrogen and oxygen atoms in total. The predicted octanol–water partition coefficient (Wildman–Crippen LogP) is 4.48. The molecule has 5 heteroatoms. The number of hydrogen-bond acceptors (Lipinski definition) is 3. The average Bonchev–Trinajstić information content (AvgIpc) is 3.55. The molecule has 2 aliphatic rings. The van der Waals surface area contributed by atoms with E-state index in [-0.39, 0.29) is 17.7 Å². The van der Waals surface area contributed by atoms with Gasteiger partial charge in [-0.2, -0.15) is 0 Å². The maximum Gasteiger partial charge on any atom is 0.223 e. The lowest BCUT2D eigenvalue weighted by molar-refractivity contribution is -0.122. The molecule has 2 unspecified atom stereocenters. The Balaban J connectivity index is 1.17. The number of piperidine rings is 1. The van der Waals surface area contributed by atoms with Crippen LogP contribution in [-0.2, 0) is 11.3 Å². The fraction of sp³-hybridized carbons (Fsp3) is 0.458. The molecule has 2 fully saturated rings. The summed E-state index contributed by atoms with van der Waals surface area (Å²) in [6.45, 7) is 3.93. The Morgan fingerprint density at radius 3 is 2.55 bits per heavy atom. The van der Waals surface area contributed by atoms with Crippen LogP contribution in [0.3, 0.4) is 0 Å². The van der Waals surface area contributed by atoms with Gasteiger partial charge in [-0.15, -0.1) is 0 Å². The third kappa shape index (κ3) is 5.12. The Morgan fingerprint density at radius 1 is 1.14 bits per heavy atom. The Kier molecular flexibility index (Phi) is 6.41. The van der Waals surface area contributed by atoms with Gasteiger partial charge in [-0.1, -0.05) is 41.9 Å². The number of rotatable bonds is 7. The molecule has 1 saturated heterocycles. The number of hydrogen-bond donors (Lipinski definition) is 1. The van der Waals surface area contributed by atoms with E-state index >= 15 is 0 Å². The highest BCUT2D eigenvalue weighted by Crippen LogP contribution is 2.49. The number of ether oxygens (including phenoxy) is 1. The van der Waals surface area contributed by atoms with Gasteiger partial charge in [0.05, 0.1) is 7.11 Å². The van der Waals surface area contributed by atoms with Gasteiger partial charge in [0, 0.05) is 24.0 Å². The van der Waals surface area contributed by atoms with E-state index in [1.807, 2.05) is 36.4 Å². The second-order valence-corrected chi connectivity index (χ2v) is 8.69. The summed E-state index contributed by atoms with van der Waals surface area (Å²) in [6.07, 6.45) is 3.18. The monoisotopic (exact) mass is 412 g/mol. The van der Waals surface area contributed by atoms with Crippen molar-refractivity contribution in [2.75, 3.05) is 26.7 Å². The maximum atomic E-state index is 12.5. The number of carbonyl (C=O) groups is 1. The molecule has 1 heterocycles. The van der Waals surface area contributed by atoms with Crippen LogP contribution in [0.25, 0.3) is 0 Å². The molecule has 1 N–H and O–H groups in total. The minimum Gasteiger partial charge on any atom is -0.497 e. The molecular weight excluding hydrogens is 384 g/mol. The van der Waals surface area contributed by atoms with Crippen LogP contribution in [-0.4, -0.2) is 37.6 Å². The molecule has 0 spiro atoms. The second-order valence-electron chi connectivity index (χ2n) is 8.28. The Labute approximate surface area is 178 Å². The largest absolute Gasteiger partial charge is 0.497 e. The van der Waals surface area contributed by atoms with Gasteiger partial charge < -0.3 is 10.1 Å². The highest BCUT2D eigenvalue weighted by molar-refractivity contribution is 6.31. The van der Waals surface area contributed by atoms with Gasteiger partial charge in [-0.05, 0) is 73.5 Å². The summed E-state index contributed by atoms with van der Waals surface area (Å²) in [7, 11) is 1.69. The van der Waals surface area contributed by atoms with Crippen LogP contribution in [0.15, 0.2) is 48.5 Å². The first-order valence-electron chi connectivity index (χ1n) is 10.5. The molecule has 0 bridgehead atoms. The van der Waals surface area contributed by atoms with Gasteiger partial charge in [-0.3, -0.25) is 9.69 Å². The number of carbonyl (C=O) groups excluding carboxylic acids is 1. The standard InChI is InChI=1S/C24H29ClN2O2/c1-29-19-8-6-18(7-9-19)16-27-12-10-17(11-13-27)15-26-24(28)22-14-21(22)20-4-2-3-5-23(20)25/h2-9,17,21-22H,10-16H2,1H3,(H,26,28). The molecule has 29 heavy (non-hydrogen) atoms. The third-order valence-electron chi connectivity index (χ3n) is 6.27. The molecule has 0 aromatic heterocycles. The van der Waals surface area contributed by atoms with Crippen molar-refractivity contribution in [3.8, 4) is 5.75 Å². The third-order valence-corrected chi connectivity index (χ3v) is 6.61. The molecular formula is C24H29ClN2O2. The van der Waals surface area contributed by atoms with Gasteiger partial charge in [0.15, 0.2) is 0 Å². The first-order valence-corrected chi connectivity index (χ1v) is 10.9. The van der Waals surface area contributed by atoms with Crippen LogP contribution in [0, 0.1) is 11.8 Å². The van der Waals surface area contributed by atoms with E-state index in [0.717, 1.165) is 61.8 Å². The van der Waals surface area contributed by atoms with Crippen LogP contribution < -0.4 is 10.1 Å². The van der Waals surface area contributed by atoms with Crippen molar-refractivity contribution < 1.29 is 9.53 Å². The van der Waals surface area contributed by atoms with E-state index in [1.165, 1.54) is 5.56 Å². The van der Waals surface area contributed by atoms with Gasteiger partial charge in [0.25, 0.3) is 0 Å². The van der Waals surface area contributed by atoms with E-state index in [4.69, 9.17) is 16.3 Å². The SMILES string of the molecule is COc1ccc(CN2CCC(CNC(=O)C3CC3c3ccccc3Cl)CC2)cc1. The summed E-state index contributed by atoms with van der Waals surface area (Å²) in [4.78, 5) is 15.0. The van der Waals surface area contributed by atoms with Crippen molar-refractivity contribution >= 4 is 17.5 Å². The quantitative estimate of drug-likeness (QED) is 0.728. The van der Waals surface area contributed by atoms with Gasteiger partial charge >= 0.3 is 0 Å². The van der Waals surface area contributed by atoms with Crippen LogP contribution in [0.1, 0.15) is 36.3 Å². The van der Waals surface area contributed by atoms with Crippen LogP contribution >= 0.6 is 11.6 Å². The lowest BCUT2D eigenvalue weighted by atomic mass is 9.96. The van der Waals surface area contributed by atoms with E-state index in [2.05, 4.69) is 22.3 Å². The first kappa shape index (κ1) is 20.2. The Bertz CT molecular complexity index is 831. The number of likely N-dealkylation sites (tertiary alicyclic amines) is 1. The fourth-order valence-corrected chi connectivity index (χ4v) is 4.59. The average molecular weight is 413 g/mol. The number of benzene rings is 2. The Hall–Kier alpha value is -2.04. The number of halogens is 1. The predicted molar refractivity (Wildman–Crippen MR) is 116 cm³/mol. The molecule has 0 radical (unpaired) electrons. The summed E-state index contributed by atoms with van der Waals surface area (Å²) in [6, 6.07) is 16.2. The molecule has 2 atom stereocenters. The van der Waals surface area contributed by atoms with E-state index in [0.29, 0.717) is 5.92 Å². The van der Waals surface area contributed by atoms with Crippen molar-refractivity contribution in [3.05, 3.63) is 64.7 Å². The van der Waals surface area contributed by atoms with Gasteiger partial charge in [0.1, 0.15) is 5.75 Å². The minimum absolute atomic E-state index is 0.0880. The van der Waals surface area contributed by atoms with E-state index < -0.39 is 0 Å². The van der Waals surface area contributed by atoms with Crippen LogP contribution in [0.4, 0.5) is 0 Å². The highest BCUT2D eigenvalue weighted by atomic mass is 35.5. The summed E-state index contributed by atoms with van der Waals surface area (Å²) in [5.74, 6) is 2.04. The summed E-state index contributed by atoms with van der Waals surface area (Å²) < 4.78 is 5.22. The van der Waals surface area contributed by atoms with Gasteiger partial charge in [0.2, 0.25) is 5.91 Å². The van der Waals surface area contributed by atoms with Crippen molar-refractivity contribution in [1.29, 1.82) is 0 Å². The summed E-state index contributed by atoms with van der Waals surface area (Å²) in [5.41, 5.74) is 2.43. The molecule has 1 saturated carbocycles. The van der Waals surface area contributed by atoms with Crippen molar-refractivity contribution in [1.82, 2.24) is 10.2 Å². The lowest BCUT2D eigenvalue weighted by Crippen LogP contribution is -2.38. The lowest BCUT2D eigenvalue weighted by Gasteiger charge is -2.32. The Morgan fingerprint density at radius 2 is 1.86 bits per heavy atom. The molecule has 4 rings (SSSR count). The molecule has 1 aliphatic carbocycles. The zero-order valence-electron chi connectivity index (χ0n) is 16.9. The molecule has 2 aromatic carbocycles.